The Labute approximate surface area is 183 Å². The molecule has 0 aromatic rings. The summed E-state index contributed by atoms with van der Waals surface area (Å²) in [6.07, 6.45) is 18.7. The fourth-order valence-corrected chi connectivity index (χ4v) is 3.10. The van der Waals surface area contributed by atoms with Gasteiger partial charge in [-0.05, 0) is 44.9 Å². The van der Waals surface area contributed by atoms with Gasteiger partial charge in [0.25, 0.3) is 0 Å². The van der Waals surface area contributed by atoms with E-state index >= 15 is 0 Å². The van der Waals surface area contributed by atoms with Crippen molar-refractivity contribution in [2.24, 2.45) is 0 Å². The van der Waals surface area contributed by atoms with E-state index < -0.39 is 5.97 Å². The molecule has 0 unspecified atom stereocenters. The first-order chi connectivity index (χ1) is 14.5. The number of nitrogens with one attached hydrogen (secondary N) is 1. The first kappa shape index (κ1) is 28.1. The third kappa shape index (κ3) is 18.2. The molecule has 2 amide bonds. The second-order valence-corrected chi connectivity index (χ2v) is 7.90. The van der Waals surface area contributed by atoms with Gasteiger partial charge in [-0.3, -0.25) is 14.4 Å². The average Bonchev–Trinajstić information content (AvgIpc) is 2.75. The average molecular weight is 425 g/mol. The zero-order chi connectivity index (χ0) is 22.5. The van der Waals surface area contributed by atoms with E-state index in [0.717, 1.165) is 70.8 Å². The number of esters is 1. The number of methoxy groups -OCH3 is 1. The number of allylic oxidation sites excluding steroid dienone is 2. The third-order valence-corrected chi connectivity index (χ3v) is 5.13. The summed E-state index contributed by atoms with van der Waals surface area (Å²) in [7, 11) is 3.22. The van der Waals surface area contributed by atoms with Crippen LogP contribution in [0.4, 0.5) is 0 Å². The minimum absolute atomic E-state index is 0.0498. The molecule has 6 heteroatoms. The summed E-state index contributed by atoms with van der Waals surface area (Å²) < 4.78 is 4.48. The van der Waals surface area contributed by atoms with Crippen molar-refractivity contribution >= 4 is 17.8 Å². The maximum atomic E-state index is 12.0. The molecule has 0 aliphatic carbocycles. The van der Waals surface area contributed by atoms with E-state index in [9.17, 15) is 14.4 Å². The summed E-state index contributed by atoms with van der Waals surface area (Å²) in [4.78, 5) is 36.3. The molecule has 0 bridgehead atoms. The number of hydrogen-bond donors (Lipinski definition) is 1. The Morgan fingerprint density at radius 3 is 2.10 bits per heavy atom. The largest absolute Gasteiger partial charge is 0.468 e. The van der Waals surface area contributed by atoms with Gasteiger partial charge in [-0.15, -0.1) is 0 Å². The SMILES string of the molecule is CCCCCCC(=O)N(C)CCCC/C=C\CCCCCCC(=O)NCC(=O)OC. The van der Waals surface area contributed by atoms with Crippen molar-refractivity contribution in [3.8, 4) is 0 Å². The van der Waals surface area contributed by atoms with Gasteiger partial charge in [-0.25, -0.2) is 0 Å². The molecule has 0 rings (SSSR count). The number of carbonyl (C=O) groups is 3. The summed E-state index contributed by atoms with van der Waals surface area (Å²) in [5.74, 6) is -0.236. The van der Waals surface area contributed by atoms with Crippen LogP contribution in [-0.4, -0.2) is 49.9 Å². The molecule has 6 nitrogen and oxygen atoms in total. The molecule has 0 saturated heterocycles. The smallest absolute Gasteiger partial charge is 0.325 e. The predicted octanol–water partition coefficient (Wildman–Crippen LogP) is 4.77. The molecule has 0 aliphatic rings. The van der Waals surface area contributed by atoms with Gasteiger partial charge >= 0.3 is 5.97 Å². The normalized spacial score (nSPS) is 10.9. The van der Waals surface area contributed by atoms with Crippen LogP contribution >= 0.6 is 0 Å². The monoisotopic (exact) mass is 424 g/mol. The molecular weight excluding hydrogens is 380 g/mol. The highest BCUT2D eigenvalue weighted by atomic mass is 16.5. The van der Waals surface area contributed by atoms with Gasteiger partial charge in [-0.2, -0.15) is 0 Å². The molecule has 0 aromatic heterocycles. The van der Waals surface area contributed by atoms with E-state index in [0.29, 0.717) is 12.8 Å². The van der Waals surface area contributed by atoms with Crippen LogP contribution in [0.5, 0.6) is 0 Å². The van der Waals surface area contributed by atoms with Crippen molar-refractivity contribution in [1.82, 2.24) is 10.2 Å². The molecule has 0 spiro atoms. The van der Waals surface area contributed by atoms with Crippen molar-refractivity contribution in [2.75, 3.05) is 27.2 Å². The first-order valence-corrected chi connectivity index (χ1v) is 11.7. The lowest BCUT2D eigenvalue weighted by Crippen LogP contribution is -2.29. The second kappa shape index (κ2) is 20.4. The second-order valence-electron chi connectivity index (χ2n) is 7.90. The highest BCUT2D eigenvalue weighted by molar-refractivity contribution is 5.81. The molecule has 0 atom stereocenters. The maximum Gasteiger partial charge on any atom is 0.325 e. The van der Waals surface area contributed by atoms with E-state index in [2.05, 4.69) is 29.1 Å². The molecule has 1 N–H and O–H groups in total. The summed E-state index contributed by atoms with van der Waals surface area (Å²) >= 11 is 0. The van der Waals surface area contributed by atoms with Crippen LogP contribution in [0.15, 0.2) is 12.2 Å². The lowest BCUT2D eigenvalue weighted by Gasteiger charge is -2.16. The van der Waals surface area contributed by atoms with Crippen LogP contribution in [-0.2, 0) is 19.1 Å². The first-order valence-electron chi connectivity index (χ1n) is 11.7. The van der Waals surface area contributed by atoms with Crippen molar-refractivity contribution in [3.63, 3.8) is 0 Å². The molecule has 30 heavy (non-hydrogen) atoms. The Morgan fingerprint density at radius 1 is 0.833 bits per heavy atom. The topological polar surface area (TPSA) is 75.7 Å². The van der Waals surface area contributed by atoms with Crippen molar-refractivity contribution < 1.29 is 19.1 Å². The van der Waals surface area contributed by atoms with Crippen LogP contribution in [0.2, 0.25) is 0 Å². The van der Waals surface area contributed by atoms with E-state index in [1.807, 2.05) is 11.9 Å². The predicted molar refractivity (Wildman–Crippen MR) is 122 cm³/mol. The zero-order valence-electron chi connectivity index (χ0n) is 19.5. The number of unbranched alkanes of at least 4 members (excludes halogenated alkanes) is 9. The van der Waals surface area contributed by atoms with E-state index in [-0.39, 0.29) is 18.4 Å². The minimum atomic E-state index is -0.423. The highest BCUT2D eigenvalue weighted by Crippen LogP contribution is 2.08. The molecule has 0 radical (unpaired) electrons. The summed E-state index contributed by atoms with van der Waals surface area (Å²) in [6, 6.07) is 0. The number of ether oxygens (including phenoxy) is 1. The summed E-state index contributed by atoms with van der Waals surface area (Å²) in [6.45, 7) is 2.99. The van der Waals surface area contributed by atoms with Gasteiger partial charge < -0.3 is 15.0 Å². The van der Waals surface area contributed by atoms with Gasteiger partial charge in [-0.1, -0.05) is 51.2 Å². The standard InChI is InChI=1S/C24H44N2O4/c1-4-5-6-16-19-23(28)26(2)20-17-14-12-10-8-7-9-11-13-15-18-22(27)25-21-24(29)30-3/h8,10H,4-7,9,11-21H2,1-3H3,(H,25,27)/b10-8-. The van der Waals surface area contributed by atoms with E-state index in [1.54, 1.807) is 0 Å². The number of amides is 2. The zero-order valence-corrected chi connectivity index (χ0v) is 19.5. The molecule has 0 aliphatic heterocycles. The molecule has 0 saturated carbocycles. The Balaban J connectivity index is 3.46. The third-order valence-electron chi connectivity index (χ3n) is 5.13. The molecular formula is C24H44N2O4. The minimum Gasteiger partial charge on any atom is -0.468 e. The maximum absolute atomic E-state index is 12.0. The van der Waals surface area contributed by atoms with E-state index in [4.69, 9.17) is 0 Å². The van der Waals surface area contributed by atoms with Crippen molar-refractivity contribution in [3.05, 3.63) is 12.2 Å². The van der Waals surface area contributed by atoms with Crippen LogP contribution in [0, 0.1) is 0 Å². The lowest BCUT2D eigenvalue weighted by atomic mass is 10.1. The molecule has 0 fully saturated rings. The van der Waals surface area contributed by atoms with Crippen LogP contribution < -0.4 is 5.32 Å². The molecule has 0 heterocycles. The number of carbonyl (C=O) groups excluding carboxylic acids is 3. The van der Waals surface area contributed by atoms with Gasteiger partial charge in [0.1, 0.15) is 6.54 Å². The van der Waals surface area contributed by atoms with Crippen molar-refractivity contribution in [2.45, 2.75) is 96.8 Å². The molecule has 174 valence electrons. The number of hydrogen-bond acceptors (Lipinski definition) is 4. The Bertz CT molecular complexity index is 492. The fraction of sp³-hybridized carbons (Fsp3) is 0.792. The van der Waals surface area contributed by atoms with Crippen molar-refractivity contribution in [1.29, 1.82) is 0 Å². The Morgan fingerprint density at radius 2 is 1.43 bits per heavy atom. The highest BCUT2D eigenvalue weighted by Gasteiger charge is 2.07. The Kier molecular flexibility index (Phi) is 19.2. The number of nitrogens with zero attached hydrogens (tertiary/aromatic N) is 1. The van der Waals surface area contributed by atoms with Gasteiger partial charge in [0, 0.05) is 26.4 Å². The Hall–Kier alpha value is -1.85. The lowest BCUT2D eigenvalue weighted by molar-refractivity contribution is -0.141. The molecule has 0 aromatic carbocycles. The number of rotatable bonds is 19. The van der Waals surface area contributed by atoms with Crippen LogP contribution in [0.1, 0.15) is 96.8 Å². The van der Waals surface area contributed by atoms with E-state index in [1.165, 1.54) is 20.0 Å². The summed E-state index contributed by atoms with van der Waals surface area (Å²) in [5, 5.41) is 2.55. The van der Waals surface area contributed by atoms with Gasteiger partial charge in [0.15, 0.2) is 0 Å². The van der Waals surface area contributed by atoms with Crippen LogP contribution in [0.3, 0.4) is 0 Å². The van der Waals surface area contributed by atoms with Gasteiger partial charge in [0.2, 0.25) is 11.8 Å². The van der Waals surface area contributed by atoms with Gasteiger partial charge in [0.05, 0.1) is 7.11 Å². The fourth-order valence-electron chi connectivity index (χ4n) is 3.10. The van der Waals surface area contributed by atoms with Crippen LogP contribution in [0.25, 0.3) is 0 Å². The quantitative estimate of drug-likeness (QED) is 0.184. The summed E-state index contributed by atoms with van der Waals surface area (Å²) in [5.41, 5.74) is 0.